The summed E-state index contributed by atoms with van der Waals surface area (Å²) in [7, 11) is 0. The fourth-order valence-electron chi connectivity index (χ4n) is 1.59. The first-order valence-corrected chi connectivity index (χ1v) is 5.62. The Morgan fingerprint density at radius 3 is 2.72 bits per heavy atom. The maximum absolute atomic E-state index is 11.0. The topological polar surface area (TPSA) is 96.5 Å². The van der Waals surface area contributed by atoms with Crippen molar-refractivity contribution in [1.82, 2.24) is 9.88 Å². The van der Waals surface area contributed by atoms with Crippen LogP contribution in [0.15, 0.2) is 24.4 Å². The normalized spacial score (nSPS) is 12.3. The fourth-order valence-corrected chi connectivity index (χ4v) is 1.59. The Bertz CT molecular complexity index is 408. The third-order valence-corrected chi connectivity index (χ3v) is 2.44. The van der Waals surface area contributed by atoms with E-state index in [2.05, 4.69) is 4.98 Å². The first-order chi connectivity index (χ1) is 8.49. The smallest absolute Gasteiger partial charge is 0.307 e. The molecule has 0 spiro atoms. The van der Waals surface area contributed by atoms with Crippen LogP contribution in [0.1, 0.15) is 12.6 Å². The number of carbonyl (C=O) groups is 2. The maximum atomic E-state index is 11.0. The van der Waals surface area contributed by atoms with Crippen LogP contribution in [0, 0.1) is 5.92 Å². The molecule has 0 aliphatic rings. The molecular weight excluding hydrogens is 234 g/mol. The molecule has 0 aliphatic carbocycles. The fraction of sp³-hybridized carbons (Fsp3) is 0.417. The van der Waals surface area contributed by atoms with Crippen molar-refractivity contribution in [2.24, 2.45) is 11.7 Å². The highest BCUT2D eigenvalue weighted by molar-refractivity contribution is 5.76. The van der Waals surface area contributed by atoms with Gasteiger partial charge in [0.25, 0.3) is 0 Å². The zero-order chi connectivity index (χ0) is 13.5. The van der Waals surface area contributed by atoms with E-state index in [9.17, 15) is 9.59 Å². The van der Waals surface area contributed by atoms with Gasteiger partial charge in [-0.05, 0) is 12.1 Å². The van der Waals surface area contributed by atoms with Crippen molar-refractivity contribution < 1.29 is 14.7 Å². The largest absolute Gasteiger partial charge is 0.481 e. The highest BCUT2D eigenvalue weighted by Gasteiger charge is 2.18. The molecule has 1 rings (SSSR count). The molecule has 0 bridgehead atoms. The Morgan fingerprint density at radius 1 is 1.50 bits per heavy atom. The van der Waals surface area contributed by atoms with Gasteiger partial charge in [-0.15, -0.1) is 0 Å². The van der Waals surface area contributed by atoms with E-state index in [4.69, 9.17) is 10.8 Å². The minimum Gasteiger partial charge on any atom is -0.481 e. The van der Waals surface area contributed by atoms with Crippen LogP contribution in [0.2, 0.25) is 0 Å². The van der Waals surface area contributed by atoms with Crippen molar-refractivity contribution in [2.75, 3.05) is 13.1 Å². The molecule has 0 aromatic carbocycles. The summed E-state index contributed by atoms with van der Waals surface area (Å²) in [5, 5.41) is 8.87. The van der Waals surface area contributed by atoms with E-state index in [1.165, 1.54) is 0 Å². The zero-order valence-corrected chi connectivity index (χ0v) is 10.2. The first-order valence-electron chi connectivity index (χ1n) is 5.62. The van der Waals surface area contributed by atoms with E-state index in [1.54, 1.807) is 24.1 Å². The van der Waals surface area contributed by atoms with Gasteiger partial charge in [0.1, 0.15) is 0 Å². The van der Waals surface area contributed by atoms with E-state index < -0.39 is 17.8 Å². The summed E-state index contributed by atoms with van der Waals surface area (Å²) in [6, 6.07) is 5.45. The lowest BCUT2D eigenvalue weighted by atomic mass is 10.1. The van der Waals surface area contributed by atoms with E-state index in [0.717, 1.165) is 5.69 Å². The summed E-state index contributed by atoms with van der Waals surface area (Å²) in [4.78, 5) is 27.6. The summed E-state index contributed by atoms with van der Waals surface area (Å²) < 4.78 is 0. The van der Waals surface area contributed by atoms with Gasteiger partial charge in [0.2, 0.25) is 5.91 Å². The second kappa shape index (κ2) is 6.70. The lowest BCUT2D eigenvalue weighted by Crippen LogP contribution is -2.38. The molecule has 1 aromatic heterocycles. The van der Waals surface area contributed by atoms with Crippen molar-refractivity contribution in [2.45, 2.75) is 13.5 Å². The zero-order valence-electron chi connectivity index (χ0n) is 10.2. The number of rotatable bonds is 7. The average Bonchev–Trinajstić information content (AvgIpc) is 2.29. The quantitative estimate of drug-likeness (QED) is 0.716. The number of pyridine rings is 1. The van der Waals surface area contributed by atoms with Gasteiger partial charge < -0.3 is 10.8 Å². The predicted octanol–water partition coefficient (Wildman–Crippen LogP) is 0.0896. The summed E-state index contributed by atoms with van der Waals surface area (Å²) in [5.74, 6) is -1.94. The summed E-state index contributed by atoms with van der Waals surface area (Å²) in [6.07, 6.45) is 1.65. The molecule has 1 unspecified atom stereocenters. The van der Waals surface area contributed by atoms with Gasteiger partial charge in [0, 0.05) is 19.3 Å². The van der Waals surface area contributed by atoms with Gasteiger partial charge in [0.15, 0.2) is 0 Å². The van der Waals surface area contributed by atoms with Gasteiger partial charge in [-0.3, -0.25) is 19.5 Å². The monoisotopic (exact) mass is 251 g/mol. The molecule has 0 aliphatic heterocycles. The van der Waals surface area contributed by atoms with Crippen molar-refractivity contribution in [1.29, 1.82) is 0 Å². The molecule has 3 N–H and O–H groups in total. The second-order valence-corrected chi connectivity index (χ2v) is 4.20. The Morgan fingerprint density at radius 2 is 2.22 bits per heavy atom. The van der Waals surface area contributed by atoms with E-state index >= 15 is 0 Å². The van der Waals surface area contributed by atoms with Crippen LogP contribution >= 0.6 is 0 Å². The number of hydrogen-bond donors (Lipinski definition) is 2. The van der Waals surface area contributed by atoms with Crippen molar-refractivity contribution in [3.05, 3.63) is 30.1 Å². The molecular formula is C12H17N3O3. The third kappa shape index (κ3) is 4.92. The molecule has 1 heterocycles. The Labute approximate surface area is 105 Å². The predicted molar refractivity (Wildman–Crippen MR) is 65.5 cm³/mol. The van der Waals surface area contributed by atoms with Crippen molar-refractivity contribution in [3.8, 4) is 0 Å². The SMILES string of the molecule is CC(CN(CC(N)=O)Cc1ccccn1)C(=O)O. The molecule has 1 atom stereocenters. The highest BCUT2D eigenvalue weighted by atomic mass is 16.4. The molecule has 1 amide bonds. The highest BCUT2D eigenvalue weighted by Crippen LogP contribution is 2.05. The lowest BCUT2D eigenvalue weighted by Gasteiger charge is -2.22. The molecule has 1 aromatic rings. The van der Waals surface area contributed by atoms with Gasteiger partial charge in [-0.25, -0.2) is 0 Å². The summed E-state index contributed by atoms with van der Waals surface area (Å²) >= 11 is 0. The van der Waals surface area contributed by atoms with Crippen LogP contribution in [0.4, 0.5) is 0 Å². The molecule has 18 heavy (non-hydrogen) atoms. The lowest BCUT2D eigenvalue weighted by molar-refractivity contribution is -0.142. The first kappa shape index (κ1) is 14.1. The van der Waals surface area contributed by atoms with Crippen LogP contribution in [0.5, 0.6) is 0 Å². The van der Waals surface area contributed by atoms with Crippen molar-refractivity contribution >= 4 is 11.9 Å². The number of aliphatic carboxylic acids is 1. The number of nitrogens with two attached hydrogens (primary N) is 1. The molecule has 98 valence electrons. The summed E-state index contributed by atoms with van der Waals surface area (Å²) in [6.45, 7) is 2.28. The molecule has 6 nitrogen and oxygen atoms in total. The number of nitrogens with zero attached hydrogens (tertiary/aromatic N) is 2. The van der Waals surface area contributed by atoms with Crippen molar-refractivity contribution in [3.63, 3.8) is 0 Å². The molecule has 0 radical (unpaired) electrons. The van der Waals surface area contributed by atoms with Gasteiger partial charge in [-0.1, -0.05) is 13.0 Å². The van der Waals surface area contributed by atoms with E-state index in [0.29, 0.717) is 6.54 Å². The standard InChI is InChI=1S/C12H17N3O3/c1-9(12(17)18)6-15(8-11(13)16)7-10-4-2-3-5-14-10/h2-5,9H,6-8H2,1H3,(H2,13,16)(H,17,18). The Hall–Kier alpha value is -1.95. The van der Waals surface area contributed by atoms with Crippen LogP contribution in [-0.4, -0.2) is 40.0 Å². The number of primary amides is 1. The number of carboxylic acids is 1. The average molecular weight is 251 g/mol. The maximum Gasteiger partial charge on any atom is 0.307 e. The second-order valence-electron chi connectivity index (χ2n) is 4.20. The van der Waals surface area contributed by atoms with Crippen LogP contribution in [-0.2, 0) is 16.1 Å². The van der Waals surface area contributed by atoms with Crippen LogP contribution < -0.4 is 5.73 Å². The number of carbonyl (C=O) groups excluding carboxylic acids is 1. The van der Waals surface area contributed by atoms with Gasteiger partial charge in [0.05, 0.1) is 18.2 Å². The molecule has 0 saturated heterocycles. The Balaban J connectivity index is 2.66. The number of hydrogen-bond acceptors (Lipinski definition) is 4. The third-order valence-electron chi connectivity index (χ3n) is 2.44. The van der Waals surface area contributed by atoms with E-state index in [1.807, 2.05) is 12.1 Å². The number of aromatic nitrogens is 1. The number of amides is 1. The van der Waals surface area contributed by atoms with Crippen LogP contribution in [0.3, 0.4) is 0 Å². The van der Waals surface area contributed by atoms with E-state index in [-0.39, 0.29) is 13.1 Å². The van der Waals surface area contributed by atoms with Gasteiger partial charge >= 0.3 is 5.97 Å². The van der Waals surface area contributed by atoms with Gasteiger partial charge in [-0.2, -0.15) is 0 Å². The van der Waals surface area contributed by atoms with Crippen LogP contribution in [0.25, 0.3) is 0 Å². The minimum absolute atomic E-state index is 0.0220. The minimum atomic E-state index is -0.898. The molecule has 0 fully saturated rings. The number of carboxylic acid groups (broad SMARTS) is 1. The Kier molecular flexibility index (Phi) is 5.26. The molecule has 0 saturated carbocycles. The molecule has 6 heteroatoms. The summed E-state index contributed by atoms with van der Waals surface area (Å²) in [5.41, 5.74) is 5.92.